The lowest BCUT2D eigenvalue weighted by Gasteiger charge is -2.55. The van der Waals surface area contributed by atoms with Gasteiger partial charge in [0.25, 0.3) is 5.79 Å². The fourth-order valence-corrected chi connectivity index (χ4v) is 4.43. The molecular formula is C19H34O15. The van der Waals surface area contributed by atoms with Gasteiger partial charge in [0.2, 0.25) is 5.79 Å². The van der Waals surface area contributed by atoms with Crippen LogP contribution in [0.4, 0.5) is 0 Å². The molecule has 34 heavy (non-hydrogen) atoms. The zero-order valence-corrected chi connectivity index (χ0v) is 18.6. The summed E-state index contributed by atoms with van der Waals surface area (Å²) >= 11 is 0. The molecule has 15 heteroatoms. The van der Waals surface area contributed by atoms with Crippen molar-refractivity contribution in [2.75, 3.05) is 20.3 Å². The van der Waals surface area contributed by atoms with E-state index in [0.717, 1.165) is 0 Å². The monoisotopic (exact) mass is 502 g/mol. The highest BCUT2D eigenvalue weighted by Gasteiger charge is 2.67. The molecule has 0 aromatic rings. The maximum atomic E-state index is 11.1. The molecule has 0 spiro atoms. The number of rotatable bonds is 6. The largest absolute Gasteiger partial charge is 0.394 e. The number of methoxy groups -OCH3 is 1. The summed E-state index contributed by atoms with van der Waals surface area (Å²) in [4.78, 5) is 0. The third-order valence-corrected chi connectivity index (χ3v) is 6.64. The summed E-state index contributed by atoms with van der Waals surface area (Å²) in [6.07, 6.45) is -19.9. The maximum Gasteiger partial charge on any atom is 0.251 e. The standard InChI is InChI=1S/C19H34O15/c1-6-10(21)7(30-2)3-18(28,33-6)19(29)16(27)14(25)12(23)9(34-19)5-31-17-15(26)13(24)11(22)8(4-20)32-17/h6-17,20-29H,3-5H2,1-2H3/t6-,7+,8?,9-,10-,11?,12-,13+,14+,15?,16-,17+,18?,19-/m1/s1. The van der Waals surface area contributed by atoms with Crippen LogP contribution < -0.4 is 0 Å². The van der Waals surface area contributed by atoms with Crippen LogP contribution in [0.2, 0.25) is 0 Å². The van der Waals surface area contributed by atoms with Gasteiger partial charge in [0, 0.05) is 13.5 Å². The highest BCUT2D eigenvalue weighted by molar-refractivity contribution is 5.06. The fourth-order valence-electron chi connectivity index (χ4n) is 4.43. The summed E-state index contributed by atoms with van der Waals surface area (Å²) in [6, 6.07) is 0. The molecule has 0 radical (unpaired) electrons. The molecule has 0 saturated carbocycles. The van der Waals surface area contributed by atoms with Crippen molar-refractivity contribution in [3.8, 4) is 0 Å². The average molecular weight is 502 g/mol. The lowest BCUT2D eigenvalue weighted by molar-refractivity contribution is -0.472. The predicted molar refractivity (Wildman–Crippen MR) is 104 cm³/mol. The molecule has 4 unspecified atom stereocenters. The lowest BCUT2D eigenvalue weighted by Crippen LogP contribution is -2.76. The van der Waals surface area contributed by atoms with Crippen molar-refractivity contribution in [3.63, 3.8) is 0 Å². The van der Waals surface area contributed by atoms with E-state index >= 15 is 0 Å². The molecular weight excluding hydrogens is 468 g/mol. The van der Waals surface area contributed by atoms with Gasteiger partial charge in [-0.1, -0.05) is 0 Å². The summed E-state index contributed by atoms with van der Waals surface area (Å²) in [5.74, 6) is -5.76. The number of ether oxygens (including phenoxy) is 5. The highest BCUT2D eigenvalue weighted by Crippen LogP contribution is 2.43. The maximum absolute atomic E-state index is 11.1. The minimum atomic E-state index is -3.04. The Kier molecular flexibility index (Phi) is 8.57. The van der Waals surface area contributed by atoms with Crippen molar-refractivity contribution in [1.82, 2.24) is 0 Å². The van der Waals surface area contributed by atoms with Crippen LogP contribution in [0.25, 0.3) is 0 Å². The fraction of sp³-hybridized carbons (Fsp3) is 1.00. The van der Waals surface area contributed by atoms with Gasteiger partial charge < -0.3 is 74.7 Å². The van der Waals surface area contributed by atoms with Crippen LogP contribution >= 0.6 is 0 Å². The van der Waals surface area contributed by atoms with Gasteiger partial charge in [0.1, 0.15) is 54.9 Å². The van der Waals surface area contributed by atoms with Crippen LogP contribution in [-0.2, 0) is 23.7 Å². The van der Waals surface area contributed by atoms with Gasteiger partial charge in [-0.3, -0.25) is 0 Å². The molecule has 3 aliphatic rings. The molecule has 3 saturated heterocycles. The molecule has 3 rings (SSSR count). The average Bonchev–Trinajstić information content (AvgIpc) is 2.81. The van der Waals surface area contributed by atoms with Crippen molar-refractivity contribution in [2.24, 2.45) is 0 Å². The predicted octanol–water partition coefficient (Wildman–Crippen LogP) is -6.15. The van der Waals surface area contributed by atoms with Gasteiger partial charge in [0.15, 0.2) is 6.29 Å². The Morgan fingerprint density at radius 3 is 2.03 bits per heavy atom. The van der Waals surface area contributed by atoms with Crippen LogP contribution in [0.1, 0.15) is 13.3 Å². The van der Waals surface area contributed by atoms with Crippen LogP contribution in [0.15, 0.2) is 0 Å². The second-order valence-corrected chi connectivity index (χ2v) is 8.89. The number of hydrogen-bond donors (Lipinski definition) is 10. The number of aliphatic hydroxyl groups excluding tert-OH is 8. The molecule has 0 bridgehead atoms. The molecule has 15 nitrogen and oxygen atoms in total. The topological polar surface area (TPSA) is 248 Å². The van der Waals surface area contributed by atoms with Gasteiger partial charge in [-0.05, 0) is 6.92 Å². The zero-order valence-electron chi connectivity index (χ0n) is 18.6. The molecule has 3 heterocycles. The van der Waals surface area contributed by atoms with E-state index in [0.29, 0.717) is 0 Å². The second-order valence-electron chi connectivity index (χ2n) is 8.89. The first kappa shape index (κ1) is 28.0. The summed E-state index contributed by atoms with van der Waals surface area (Å²) in [5, 5.41) is 103. The first-order valence-electron chi connectivity index (χ1n) is 10.8. The van der Waals surface area contributed by atoms with Crippen molar-refractivity contribution < 1.29 is 74.7 Å². The summed E-state index contributed by atoms with van der Waals surface area (Å²) in [6.45, 7) is -0.0740. The molecule has 3 fully saturated rings. The van der Waals surface area contributed by atoms with Crippen molar-refractivity contribution in [1.29, 1.82) is 0 Å². The van der Waals surface area contributed by atoms with E-state index in [9.17, 15) is 51.1 Å². The van der Waals surface area contributed by atoms with E-state index in [1.54, 1.807) is 0 Å². The summed E-state index contributed by atoms with van der Waals surface area (Å²) in [7, 11) is 1.24. The van der Waals surface area contributed by atoms with Crippen molar-refractivity contribution in [3.05, 3.63) is 0 Å². The van der Waals surface area contributed by atoms with Crippen LogP contribution in [0, 0.1) is 0 Å². The van der Waals surface area contributed by atoms with E-state index in [4.69, 9.17) is 23.7 Å². The minimum Gasteiger partial charge on any atom is -0.394 e. The highest BCUT2D eigenvalue weighted by atomic mass is 16.8. The van der Waals surface area contributed by atoms with E-state index in [-0.39, 0.29) is 0 Å². The summed E-state index contributed by atoms with van der Waals surface area (Å²) < 4.78 is 26.3. The minimum absolute atomic E-state index is 0.592. The molecule has 14 atom stereocenters. The quantitative estimate of drug-likeness (QED) is 0.162. The SMILES string of the molecule is CO[C@H]1CC(O)([C@]2(O)O[C@H](CO[C@H]3OC(CO)C(O)[C@H](O)C3O)[C@@H](O)[C@H](O)[C@H]2O)O[C@H](C)[C@H]1O. The summed E-state index contributed by atoms with van der Waals surface area (Å²) in [5.41, 5.74) is 0. The van der Waals surface area contributed by atoms with E-state index in [2.05, 4.69) is 0 Å². The Morgan fingerprint density at radius 2 is 1.44 bits per heavy atom. The van der Waals surface area contributed by atoms with Crippen LogP contribution in [-0.4, -0.2) is 156 Å². The Bertz CT molecular complexity index is 682. The van der Waals surface area contributed by atoms with Gasteiger partial charge in [-0.15, -0.1) is 0 Å². The first-order valence-corrected chi connectivity index (χ1v) is 10.8. The third-order valence-electron chi connectivity index (χ3n) is 6.64. The Morgan fingerprint density at radius 1 is 0.824 bits per heavy atom. The van der Waals surface area contributed by atoms with E-state index in [1.807, 2.05) is 0 Å². The Balaban J connectivity index is 1.78. The molecule has 0 aromatic carbocycles. The number of hydrogen-bond acceptors (Lipinski definition) is 15. The first-order chi connectivity index (χ1) is 15.8. The Hall–Kier alpha value is -0.600. The van der Waals surface area contributed by atoms with Crippen LogP contribution in [0.5, 0.6) is 0 Å². The molecule has 3 aliphatic heterocycles. The molecule has 200 valence electrons. The van der Waals surface area contributed by atoms with Gasteiger partial charge >= 0.3 is 0 Å². The van der Waals surface area contributed by atoms with Gasteiger partial charge in [-0.25, -0.2) is 0 Å². The lowest BCUT2D eigenvalue weighted by atomic mass is 9.82. The smallest absolute Gasteiger partial charge is 0.251 e. The normalized spacial score (nSPS) is 54.7. The third kappa shape index (κ3) is 4.72. The molecule has 0 aliphatic carbocycles. The van der Waals surface area contributed by atoms with Crippen molar-refractivity contribution >= 4 is 0 Å². The van der Waals surface area contributed by atoms with E-state index < -0.39 is 105 Å². The van der Waals surface area contributed by atoms with Gasteiger partial charge in [-0.2, -0.15) is 0 Å². The Labute approximate surface area is 194 Å². The van der Waals surface area contributed by atoms with Gasteiger partial charge in [0.05, 0.1) is 25.4 Å². The molecule has 0 aromatic heterocycles. The number of aliphatic hydroxyl groups is 10. The van der Waals surface area contributed by atoms with E-state index in [1.165, 1.54) is 14.0 Å². The van der Waals surface area contributed by atoms with Crippen molar-refractivity contribution in [2.45, 2.75) is 98.4 Å². The molecule has 0 amide bonds. The zero-order chi connectivity index (χ0) is 25.6. The second kappa shape index (κ2) is 10.4. The van der Waals surface area contributed by atoms with Crippen LogP contribution in [0.3, 0.4) is 0 Å². The molecule has 10 N–H and O–H groups in total.